The number of hydrogen-bond acceptors (Lipinski definition) is 2. The lowest BCUT2D eigenvalue weighted by Crippen LogP contribution is -2.33. The number of fused-ring (bicyclic) bond motifs is 1. The van der Waals surface area contributed by atoms with Gasteiger partial charge in [-0.3, -0.25) is 9.59 Å². The predicted molar refractivity (Wildman–Crippen MR) is 94.9 cm³/mol. The third-order valence-electron chi connectivity index (χ3n) is 4.29. The van der Waals surface area contributed by atoms with Gasteiger partial charge in [0, 0.05) is 17.8 Å². The van der Waals surface area contributed by atoms with Gasteiger partial charge in [0.2, 0.25) is 5.91 Å². The maximum absolute atomic E-state index is 12.3. The molecule has 1 heterocycles. The first-order chi connectivity index (χ1) is 11.7. The Kier molecular flexibility index (Phi) is 4.94. The Morgan fingerprint density at radius 2 is 1.88 bits per heavy atom. The monoisotopic (exact) mass is 322 g/mol. The highest BCUT2D eigenvalue weighted by atomic mass is 16.2. The highest BCUT2D eigenvalue weighted by molar-refractivity contribution is 6.02. The summed E-state index contributed by atoms with van der Waals surface area (Å²) in [6, 6.07) is 15.4. The van der Waals surface area contributed by atoms with E-state index >= 15 is 0 Å². The Balaban J connectivity index is 1.56. The molecular formula is C20H22N2O2. The average molecular weight is 322 g/mol. The predicted octanol–water partition coefficient (Wildman–Crippen LogP) is 3.62. The molecule has 3 rings (SSSR count). The van der Waals surface area contributed by atoms with E-state index in [2.05, 4.69) is 12.2 Å². The van der Waals surface area contributed by atoms with E-state index in [4.69, 9.17) is 0 Å². The number of rotatable bonds is 6. The second-order valence-corrected chi connectivity index (χ2v) is 6.17. The van der Waals surface area contributed by atoms with E-state index in [9.17, 15) is 9.59 Å². The molecule has 4 nitrogen and oxygen atoms in total. The van der Waals surface area contributed by atoms with Crippen LogP contribution in [0.15, 0.2) is 48.5 Å². The molecule has 2 amide bonds. The molecule has 2 aromatic carbocycles. The largest absolute Gasteiger partial charge is 0.325 e. The summed E-state index contributed by atoms with van der Waals surface area (Å²) in [4.78, 5) is 26.1. The van der Waals surface area contributed by atoms with E-state index < -0.39 is 0 Å². The number of nitrogens with zero attached hydrogens (tertiary/aromatic N) is 1. The van der Waals surface area contributed by atoms with Crippen molar-refractivity contribution in [3.63, 3.8) is 0 Å². The number of carbonyl (C=O) groups is 2. The molecule has 0 atom stereocenters. The molecule has 0 aromatic heterocycles. The first kappa shape index (κ1) is 16.2. The summed E-state index contributed by atoms with van der Waals surface area (Å²) in [5.74, 6) is -0.242. The van der Waals surface area contributed by atoms with Crippen LogP contribution in [0.5, 0.6) is 0 Å². The molecule has 24 heavy (non-hydrogen) atoms. The number of anilines is 1. The van der Waals surface area contributed by atoms with Crippen LogP contribution in [0.1, 0.15) is 41.3 Å². The van der Waals surface area contributed by atoms with Gasteiger partial charge in [-0.1, -0.05) is 43.7 Å². The summed E-state index contributed by atoms with van der Waals surface area (Å²) in [7, 11) is 0. The van der Waals surface area contributed by atoms with Gasteiger partial charge in [-0.2, -0.15) is 0 Å². The van der Waals surface area contributed by atoms with Crippen molar-refractivity contribution in [1.82, 2.24) is 4.90 Å². The molecule has 1 aliphatic heterocycles. The molecule has 4 heteroatoms. The molecule has 0 saturated heterocycles. The lowest BCUT2D eigenvalue weighted by molar-refractivity contribution is -0.116. The topological polar surface area (TPSA) is 49.4 Å². The van der Waals surface area contributed by atoms with Crippen molar-refractivity contribution in [3.8, 4) is 0 Å². The molecule has 0 fully saturated rings. The Hall–Kier alpha value is -2.62. The third kappa shape index (κ3) is 3.65. The van der Waals surface area contributed by atoms with Crippen molar-refractivity contribution in [3.05, 3.63) is 65.2 Å². The van der Waals surface area contributed by atoms with Crippen molar-refractivity contribution < 1.29 is 9.59 Å². The zero-order valence-corrected chi connectivity index (χ0v) is 13.9. The number of amides is 2. The Labute approximate surface area is 142 Å². The highest BCUT2D eigenvalue weighted by Crippen LogP contribution is 2.22. The maximum atomic E-state index is 12.3. The fourth-order valence-electron chi connectivity index (χ4n) is 2.95. The van der Waals surface area contributed by atoms with Crippen LogP contribution in [0, 0.1) is 0 Å². The van der Waals surface area contributed by atoms with Gasteiger partial charge >= 0.3 is 0 Å². The van der Waals surface area contributed by atoms with Gasteiger partial charge in [-0.05, 0) is 42.2 Å². The summed E-state index contributed by atoms with van der Waals surface area (Å²) in [6.45, 7) is 2.75. The Morgan fingerprint density at radius 1 is 1.12 bits per heavy atom. The van der Waals surface area contributed by atoms with Gasteiger partial charge < -0.3 is 10.2 Å². The first-order valence-electron chi connectivity index (χ1n) is 8.43. The van der Waals surface area contributed by atoms with Gasteiger partial charge in [-0.15, -0.1) is 0 Å². The van der Waals surface area contributed by atoms with Crippen molar-refractivity contribution >= 4 is 17.5 Å². The smallest absolute Gasteiger partial charge is 0.254 e. The van der Waals surface area contributed by atoms with Gasteiger partial charge in [-0.25, -0.2) is 0 Å². The second-order valence-electron chi connectivity index (χ2n) is 6.17. The lowest BCUT2D eigenvalue weighted by Gasteiger charge is -2.15. The van der Waals surface area contributed by atoms with Crippen LogP contribution < -0.4 is 5.32 Å². The number of nitrogens with one attached hydrogen (secondary N) is 1. The normalized spacial score (nSPS) is 13.0. The molecule has 0 bridgehead atoms. The second kappa shape index (κ2) is 7.30. The SMILES string of the molecule is CCCCc1ccc(NC(=O)CN2Cc3ccccc3C2=O)cc1. The Morgan fingerprint density at radius 3 is 2.58 bits per heavy atom. The van der Waals surface area contributed by atoms with Crippen LogP contribution in [-0.4, -0.2) is 23.3 Å². The molecular weight excluding hydrogens is 300 g/mol. The van der Waals surface area contributed by atoms with Crippen molar-refractivity contribution in [2.45, 2.75) is 32.7 Å². The lowest BCUT2D eigenvalue weighted by atomic mass is 10.1. The van der Waals surface area contributed by atoms with E-state index in [0.717, 1.165) is 17.7 Å². The molecule has 0 spiro atoms. The number of hydrogen-bond donors (Lipinski definition) is 1. The molecule has 0 saturated carbocycles. The highest BCUT2D eigenvalue weighted by Gasteiger charge is 2.28. The molecule has 1 aliphatic rings. The number of benzene rings is 2. The molecule has 0 aliphatic carbocycles. The fraction of sp³-hybridized carbons (Fsp3) is 0.300. The summed E-state index contributed by atoms with van der Waals surface area (Å²) >= 11 is 0. The van der Waals surface area contributed by atoms with E-state index in [1.165, 1.54) is 18.4 Å². The Bertz CT molecular complexity index is 738. The molecule has 0 unspecified atom stereocenters. The van der Waals surface area contributed by atoms with Crippen LogP contribution >= 0.6 is 0 Å². The van der Waals surface area contributed by atoms with Crippen LogP contribution in [0.4, 0.5) is 5.69 Å². The maximum Gasteiger partial charge on any atom is 0.254 e. The van der Waals surface area contributed by atoms with Crippen LogP contribution in [0.2, 0.25) is 0 Å². The summed E-state index contributed by atoms with van der Waals surface area (Å²) in [5, 5.41) is 2.87. The van der Waals surface area contributed by atoms with E-state index in [-0.39, 0.29) is 18.4 Å². The fourth-order valence-corrected chi connectivity index (χ4v) is 2.95. The van der Waals surface area contributed by atoms with Crippen molar-refractivity contribution in [2.75, 3.05) is 11.9 Å². The average Bonchev–Trinajstić information content (AvgIpc) is 2.90. The minimum atomic E-state index is -0.169. The van der Waals surface area contributed by atoms with Crippen molar-refractivity contribution in [1.29, 1.82) is 0 Å². The number of carbonyl (C=O) groups excluding carboxylic acids is 2. The molecule has 0 radical (unpaired) electrons. The number of aryl methyl sites for hydroxylation is 1. The van der Waals surface area contributed by atoms with Gasteiger partial charge in [0.25, 0.3) is 5.91 Å². The van der Waals surface area contributed by atoms with Crippen LogP contribution in [0.25, 0.3) is 0 Å². The van der Waals surface area contributed by atoms with Crippen molar-refractivity contribution in [2.24, 2.45) is 0 Å². The quantitative estimate of drug-likeness (QED) is 0.883. The standard InChI is InChI=1S/C20H22N2O2/c1-2-3-6-15-9-11-17(12-10-15)21-19(23)14-22-13-16-7-4-5-8-18(16)20(22)24/h4-5,7-12H,2-3,6,13-14H2,1H3,(H,21,23). The molecule has 2 aromatic rings. The summed E-state index contributed by atoms with van der Waals surface area (Å²) in [5.41, 5.74) is 3.73. The first-order valence-corrected chi connectivity index (χ1v) is 8.43. The molecule has 1 N–H and O–H groups in total. The van der Waals surface area contributed by atoms with Crippen LogP contribution in [-0.2, 0) is 17.8 Å². The van der Waals surface area contributed by atoms with Gasteiger partial charge in [0.1, 0.15) is 6.54 Å². The third-order valence-corrected chi connectivity index (χ3v) is 4.29. The summed E-state index contributed by atoms with van der Waals surface area (Å²) < 4.78 is 0. The zero-order chi connectivity index (χ0) is 16.9. The number of unbranched alkanes of at least 4 members (excludes halogenated alkanes) is 1. The van der Waals surface area contributed by atoms with Gasteiger partial charge in [0.05, 0.1) is 0 Å². The minimum absolute atomic E-state index is 0.0735. The van der Waals surface area contributed by atoms with Crippen LogP contribution in [0.3, 0.4) is 0 Å². The van der Waals surface area contributed by atoms with Gasteiger partial charge in [0.15, 0.2) is 0 Å². The van der Waals surface area contributed by atoms with E-state index in [1.54, 1.807) is 4.90 Å². The molecule has 124 valence electrons. The zero-order valence-electron chi connectivity index (χ0n) is 13.9. The summed E-state index contributed by atoms with van der Waals surface area (Å²) in [6.07, 6.45) is 3.40. The minimum Gasteiger partial charge on any atom is -0.325 e. The van der Waals surface area contributed by atoms with E-state index in [0.29, 0.717) is 12.1 Å². The van der Waals surface area contributed by atoms with E-state index in [1.807, 2.05) is 48.5 Å².